The van der Waals surface area contributed by atoms with Crippen molar-refractivity contribution in [3.63, 3.8) is 0 Å². The van der Waals surface area contributed by atoms with E-state index in [1.165, 1.54) is 18.4 Å². The molecule has 1 unspecified atom stereocenters. The Kier molecular flexibility index (Phi) is 9.97. The second-order valence-electron chi connectivity index (χ2n) is 9.36. The minimum atomic E-state index is -0.905. The summed E-state index contributed by atoms with van der Waals surface area (Å²) in [6.45, 7) is 0.952. The fourth-order valence-corrected chi connectivity index (χ4v) is 5.77. The van der Waals surface area contributed by atoms with Crippen molar-refractivity contribution < 1.29 is 19.1 Å². The second-order valence-corrected chi connectivity index (χ2v) is 10.5. The van der Waals surface area contributed by atoms with E-state index in [2.05, 4.69) is 22.0 Å². The second kappa shape index (κ2) is 13.8. The van der Waals surface area contributed by atoms with Crippen LogP contribution >= 0.6 is 11.3 Å². The summed E-state index contributed by atoms with van der Waals surface area (Å²) in [6.07, 6.45) is 1.66. The highest BCUT2D eigenvalue weighted by Gasteiger charge is 2.36. The number of nitriles is 1. The molecule has 0 bridgehead atoms. The molecule has 0 saturated carbocycles. The molecule has 4 rings (SSSR count). The van der Waals surface area contributed by atoms with Crippen LogP contribution < -0.4 is 16.0 Å². The molecular formula is C30H32N4O4S. The average Bonchev–Trinajstić information content (AvgIpc) is 3.69. The number of benzene rings is 2. The quantitative estimate of drug-likeness (QED) is 0.299. The zero-order valence-corrected chi connectivity index (χ0v) is 22.6. The van der Waals surface area contributed by atoms with Gasteiger partial charge in [0.15, 0.2) is 5.78 Å². The van der Waals surface area contributed by atoms with E-state index < -0.39 is 18.0 Å². The highest BCUT2D eigenvalue weighted by Crippen LogP contribution is 2.31. The van der Waals surface area contributed by atoms with Crippen molar-refractivity contribution in [1.29, 1.82) is 5.26 Å². The van der Waals surface area contributed by atoms with E-state index in [1.807, 2.05) is 60.7 Å². The molecule has 1 aliphatic rings. The molecule has 0 aliphatic carbocycles. The fourth-order valence-electron chi connectivity index (χ4n) is 4.90. The maximum absolute atomic E-state index is 14.1. The topological polar surface area (TPSA) is 120 Å². The number of nitrogens with one attached hydrogen (secondary N) is 3. The van der Waals surface area contributed by atoms with E-state index in [4.69, 9.17) is 4.74 Å². The van der Waals surface area contributed by atoms with Gasteiger partial charge in [0.25, 0.3) is 0 Å². The zero-order chi connectivity index (χ0) is 27.6. The van der Waals surface area contributed by atoms with Crippen molar-refractivity contribution in [3.05, 3.63) is 93.7 Å². The smallest absolute Gasteiger partial charge is 0.306 e. The highest BCUT2D eigenvalue weighted by molar-refractivity contribution is 7.12. The van der Waals surface area contributed by atoms with Crippen LogP contribution in [0.1, 0.15) is 52.1 Å². The Morgan fingerprint density at radius 2 is 1.72 bits per heavy atom. The van der Waals surface area contributed by atoms with E-state index in [0.717, 1.165) is 24.1 Å². The van der Waals surface area contributed by atoms with Crippen molar-refractivity contribution in [2.45, 2.75) is 43.3 Å². The molecular weight excluding hydrogens is 512 g/mol. The molecule has 1 amide bonds. The van der Waals surface area contributed by atoms with Crippen LogP contribution in [-0.2, 0) is 19.1 Å². The molecule has 2 heterocycles. The third-order valence-corrected chi connectivity index (χ3v) is 7.91. The fraction of sp³-hybridized carbons (Fsp3) is 0.333. The summed E-state index contributed by atoms with van der Waals surface area (Å²) < 4.78 is 4.79. The van der Waals surface area contributed by atoms with Gasteiger partial charge in [-0.2, -0.15) is 5.26 Å². The van der Waals surface area contributed by atoms with E-state index in [-0.39, 0.29) is 36.7 Å². The molecule has 3 N–H and O–H groups in total. The first-order chi connectivity index (χ1) is 19.0. The molecule has 1 saturated heterocycles. The molecule has 1 fully saturated rings. The number of nitrogens with zero attached hydrogens (tertiary/aromatic N) is 1. The van der Waals surface area contributed by atoms with Crippen LogP contribution in [0.3, 0.4) is 0 Å². The van der Waals surface area contributed by atoms with Gasteiger partial charge >= 0.3 is 5.97 Å². The minimum Gasteiger partial charge on any atom is -0.469 e. The van der Waals surface area contributed by atoms with Gasteiger partial charge in [0.1, 0.15) is 17.0 Å². The molecule has 202 valence electrons. The molecule has 1 aliphatic heterocycles. The van der Waals surface area contributed by atoms with Gasteiger partial charge in [0.05, 0.1) is 25.6 Å². The molecule has 3 atom stereocenters. The molecule has 39 heavy (non-hydrogen) atoms. The van der Waals surface area contributed by atoms with Crippen LogP contribution in [-0.4, -0.2) is 49.9 Å². The van der Waals surface area contributed by atoms with Crippen molar-refractivity contribution in [3.8, 4) is 6.07 Å². The third kappa shape index (κ3) is 7.18. The number of methoxy groups -OCH3 is 1. The Morgan fingerprint density at radius 1 is 1.05 bits per heavy atom. The van der Waals surface area contributed by atoms with Crippen molar-refractivity contribution in [2.24, 2.45) is 0 Å². The Balaban J connectivity index is 1.70. The SMILES string of the molecule is COC(=O)CCN[C@@H](C(=O)NC(C(=O)[C@@H]1CCCN1)c1ccc(C#N)s1)C(c1ccccc1)c1ccccc1. The van der Waals surface area contributed by atoms with Gasteiger partial charge in [-0.1, -0.05) is 60.7 Å². The van der Waals surface area contributed by atoms with Gasteiger partial charge in [-0.05, 0) is 42.6 Å². The van der Waals surface area contributed by atoms with Crippen molar-refractivity contribution >= 4 is 29.0 Å². The van der Waals surface area contributed by atoms with E-state index in [0.29, 0.717) is 16.2 Å². The number of hydrogen-bond donors (Lipinski definition) is 3. The van der Waals surface area contributed by atoms with Crippen LogP contribution in [0.4, 0.5) is 0 Å². The molecule has 1 aromatic heterocycles. The number of ketones is 1. The predicted octanol–water partition coefficient (Wildman–Crippen LogP) is 3.45. The van der Waals surface area contributed by atoms with Gasteiger partial charge in [-0.25, -0.2) is 0 Å². The number of carbonyl (C=O) groups is 3. The molecule has 0 spiro atoms. The number of esters is 1. The number of amides is 1. The number of hydrogen-bond acceptors (Lipinski definition) is 8. The highest BCUT2D eigenvalue weighted by atomic mass is 32.1. The van der Waals surface area contributed by atoms with Crippen LogP contribution in [0.5, 0.6) is 0 Å². The van der Waals surface area contributed by atoms with Crippen LogP contribution in [0, 0.1) is 11.3 Å². The number of ether oxygens (including phenoxy) is 1. The van der Waals surface area contributed by atoms with E-state index in [1.54, 1.807) is 12.1 Å². The first kappa shape index (κ1) is 28.2. The summed E-state index contributed by atoms with van der Waals surface area (Å²) in [7, 11) is 1.33. The van der Waals surface area contributed by atoms with Crippen LogP contribution in [0.15, 0.2) is 72.8 Å². The van der Waals surface area contributed by atoms with Gasteiger partial charge in [0, 0.05) is 17.3 Å². The molecule has 8 nitrogen and oxygen atoms in total. The molecule has 2 aromatic carbocycles. The van der Waals surface area contributed by atoms with Gasteiger partial charge in [0.2, 0.25) is 5.91 Å². The Bertz CT molecular complexity index is 1260. The average molecular weight is 545 g/mol. The number of Topliss-reactive ketones (excluding diaryl/α,β-unsaturated/α-hetero) is 1. The van der Waals surface area contributed by atoms with Crippen LogP contribution in [0.2, 0.25) is 0 Å². The normalized spacial score (nSPS) is 16.3. The largest absolute Gasteiger partial charge is 0.469 e. The maximum Gasteiger partial charge on any atom is 0.306 e. The minimum absolute atomic E-state index is 0.0847. The maximum atomic E-state index is 14.1. The third-order valence-electron chi connectivity index (χ3n) is 6.85. The number of rotatable bonds is 12. The molecule has 0 radical (unpaired) electrons. The molecule has 9 heteroatoms. The first-order valence-electron chi connectivity index (χ1n) is 13.0. The Morgan fingerprint density at radius 3 is 2.26 bits per heavy atom. The Hall–Kier alpha value is -3.84. The lowest BCUT2D eigenvalue weighted by molar-refractivity contribution is -0.140. The standard InChI is InChI=1S/C30H32N4O4S/c1-38-25(35)16-18-33-28(26(20-9-4-2-5-10-20)21-11-6-3-7-12-21)30(37)34-27(24-15-14-22(19-31)39-24)29(36)23-13-8-17-32-23/h2-7,9-12,14-15,23,26-28,32-33H,8,13,16-18H2,1H3,(H,34,37)/t23-,27?,28+/m0/s1. The lowest BCUT2D eigenvalue weighted by Crippen LogP contribution is -2.52. The lowest BCUT2D eigenvalue weighted by Gasteiger charge is -2.30. The van der Waals surface area contributed by atoms with E-state index >= 15 is 0 Å². The number of carbonyl (C=O) groups excluding carboxylic acids is 3. The van der Waals surface area contributed by atoms with E-state index in [9.17, 15) is 19.6 Å². The summed E-state index contributed by atoms with van der Waals surface area (Å²) in [4.78, 5) is 40.7. The van der Waals surface area contributed by atoms with Crippen molar-refractivity contribution in [1.82, 2.24) is 16.0 Å². The van der Waals surface area contributed by atoms with Crippen molar-refractivity contribution in [2.75, 3.05) is 20.2 Å². The predicted molar refractivity (Wildman–Crippen MR) is 149 cm³/mol. The Labute approximate surface area is 232 Å². The van der Waals surface area contributed by atoms with Gasteiger partial charge in [-0.3, -0.25) is 14.4 Å². The van der Waals surface area contributed by atoms with Crippen LogP contribution in [0.25, 0.3) is 0 Å². The summed E-state index contributed by atoms with van der Waals surface area (Å²) in [6, 6.07) is 22.8. The number of thiophene rings is 1. The summed E-state index contributed by atoms with van der Waals surface area (Å²) in [5, 5.41) is 18.9. The monoisotopic (exact) mass is 544 g/mol. The summed E-state index contributed by atoms with van der Waals surface area (Å²) in [5.41, 5.74) is 1.83. The lowest BCUT2D eigenvalue weighted by atomic mass is 9.84. The molecule has 3 aromatic rings. The zero-order valence-electron chi connectivity index (χ0n) is 21.8. The first-order valence-corrected chi connectivity index (χ1v) is 13.8. The van der Waals surface area contributed by atoms with Gasteiger partial charge < -0.3 is 20.7 Å². The summed E-state index contributed by atoms with van der Waals surface area (Å²) in [5.74, 6) is -1.29. The summed E-state index contributed by atoms with van der Waals surface area (Å²) >= 11 is 1.20. The van der Waals surface area contributed by atoms with Gasteiger partial charge in [-0.15, -0.1) is 11.3 Å².